The van der Waals surface area contributed by atoms with Gasteiger partial charge in [-0.2, -0.15) is 0 Å². The van der Waals surface area contributed by atoms with Gasteiger partial charge in [0, 0.05) is 0 Å². The molecule has 0 aliphatic heterocycles. The van der Waals surface area contributed by atoms with E-state index in [2.05, 4.69) is 12.6 Å². The summed E-state index contributed by atoms with van der Waals surface area (Å²) in [6.45, 7) is 3.64. The van der Waals surface area contributed by atoms with Crippen LogP contribution >= 0.6 is 0 Å². The fourth-order valence-corrected chi connectivity index (χ4v) is 0.713. The largest absolute Gasteiger partial charge is 0.103 e. The van der Waals surface area contributed by atoms with Crippen molar-refractivity contribution in [2.24, 2.45) is 0 Å². The van der Waals surface area contributed by atoms with Crippen LogP contribution in [0.1, 0.15) is 5.56 Å². The van der Waals surface area contributed by atoms with E-state index in [-0.39, 0.29) is 0 Å². The minimum absolute atomic E-state index is 0.918. The molecule has 1 radical (unpaired) electrons. The molecule has 0 saturated heterocycles. The molecule has 0 nitrogen and oxygen atoms in total. The Labute approximate surface area is 55.8 Å². The Hall–Kier alpha value is -1.04. The summed E-state index contributed by atoms with van der Waals surface area (Å²) in [6, 6.07) is 11.0. The van der Waals surface area contributed by atoms with Crippen molar-refractivity contribution >= 4 is 0 Å². The second kappa shape index (κ2) is 3.08. The number of hydrogen-bond acceptors (Lipinski definition) is 0. The molecule has 0 amide bonds. The van der Waals surface area contributed by atoms with Gasteiger partial charge in [-0.1, -0.05) is 30.3 Å². The second-order valence-electron chi connectivity index (χ2n) is 1.88. The average Bonchev–Trinajstić information content (AvgIpc) is 1.91. The Morgan fingerprint density at radius 3 is 3.00 bits per heavy atom. The molecular weight excluding hydrogens is 108 g/mol. The van der Waals surface area contributed by atoms with Crippen LogP contribution in [0.3, 0.4) is 0 Å². The van der Waals surface area contributed by atoms with Crippen LogP contribution in [0.4, 0.5) is 0 Å². The fourth-order valence-electron chi connectivity index (χ4n) is 0.713. The van der Waals surface area contributed by atoms with Gasteiger partial charge < -0.3 is 0 Å². The number of allylic oxidation sites excluding steroid dienone is 1. The lowest BCUT2D eigenvalue weighted by Gasteiger charge is -1.90. The van der Waals surface area contributed by atoms with Gasteiger partial charge in [-0.3, -0.25) is 0 Å². The van der Waals surface area contributed by atoms with Crippen LogP contribution in [0.15, 0.2) is 36.9 Å². The predicted molar refractivity (Wildman–Crippen MR) is 39.2 cm³/mol. The summed E-state index contributed by atoms with van der Waals surface area (Å²) < 4.78 is 0. The summed E-state index contributed by atoms with van der Waals surface area (Å²) in [5, 5.41) is 0. The quantitative estimate of drug-likeness (QED) is 0.521. The summed E-state index contributed by atoms with van der Waals surface area (Å²) >= 11 is 0. The van der Waals surface area contributed by atoms with Gasteiger partial charge in [-0.05, 0) is 18.1 Å². The van der Waals surface area contributed by atoms with Crippen LogP contribution in [0.5, 0.6) is 0 Å². The molecule has 45 valence electrons. The number of hydrogen-bond donors (Lipinski definition) is 0. The van der Waals surface area contributed by atoms with E-state index in [1.807, 2.05) is 30.3 Å². The van der Waals surface area contributed by atoms with Crippen molar-refractivity contribution in [3.63, 3.8) is 0 Å². The van der Waals surface area contributed by atoms with E-state index in [0.29, 0.717) is 0 Å². The molecule has 0 aliphatic rings. The molecule has 0 aromatic heterocycles. The van der Waals surface area contributed by atoms with Crippen molar-refractivity contribution in [1.82, 2.24) is 0 Å². The smallest absolute Gasteiger partial charge is 0.00940 e. The highest BCUT2D eigenvalue weighted by Crippen LogP contribution is 1.97. The van der Waals surface area contributed by atoms with Crippen LogP contribution in [0, 0.1) is 6.07 Å². The molecule has 0 bridgehead atoms. The fraction of sp³-hybridized carbons (Fsp3) is 0.111. The van der Waals surface area contributed by atoms with Crippen molar-refractivity contribution in [1.29, 1.82) is 0 Å². The zero-order valence-electron chi connectivity index (χ0n) is 5.30. The van der Waals surface area contributed by atoms with E-state index in [4.69, 9.17) is 0 Å². The zero-order chi connectivity index (χ0) is 6.53. The van der Waals surface area contributed by atoms with Crippen LogP contribution in [0.25, 0.3) is 0 Å². The minimum atomic E-state index is 0.918. The third kappa shape index (κ3) is 1.73. The summed E-state index contributed by atoms with van der Waals surface area (Å²) in [7, 11) is 0. The maximum atomic E-state index is 3.64. The Morgan fingerprint density at radius 1 is 1.56 bits per heavy atom. The van der Waals surface area contributed by atoms with Gasteiger partial charge in [0.05, 0.1) is 0 Å². The molecule has 0 heterocycles. The third-order valence-corrected chi connectivity index (χ3v) is 1.14. The highest BCUT2D eigenvalue weighted by Gasteiger charge is 1.82. The summed E-state index contributed by atoms with van der Waals surface area (Å²) in [5.41, 5.74) is 1.20. The highest BCUT2D eigenvalue weighted by atomic mass is 13.9. The molecule has 9 heavy (non-hydrogen) atoms. The Morgan fingerprint density at radius 2 is 2.44 bits per heavy atom. The van der Waals surface area contributed by atoms with Crippen molar-refractivity contribution in [2.75, 3.05) is 0 Å². The summed E-state index contributed by atoms with van der Waals surface area (Å²) in [6.07, 6.45) is 2.80. The second-order valence-corrected chi connectivity index (χ2v) is 1.88. The van der Waals surface area contributed by atoms with Gasteiger partial charge in [-0.25, -0.2) is 0 Å². The SMILES string of the molecule is C=CCc1[c]cccc1. The topological polar surface area (TPSA) is 0 Å². The molecule has 0 heteroatoms. The van der Waals surface area contributed by atoms with Gasteiger partial charge in [0.2, 0.25) is 0 Å². The lowest BCUT2D eigenvalue weighted by Crippen LogP contribution is -1.76. The molecule has 0 fully saturated rings. The Balaban J connectivity index is 2.72. The minimum Gasteiger partial charge on any atom is -0.103 e. The van der Waals surface area contributed by atoms with Crippen LogP contribution in [-0.2, 0) is 6.42 Å². The number of benzene rings is 1. The van der Waals surface area contributed by atoms with Crippen LogP contribution < -0.4 is 0 Å². The first-order valence-corrected chi connectivity index (χ1v) is 3.00. The lowest BCUT2D eigenvalue weighted by molar-refractivity contribution is 1.27. The first kappa shape index (κ1) is 6.09. The third-order valence-electron chi connectivity index (χ3n) is 1.14. The first-order valence-electron chi connectivity index (χ1n) is 3.00. The van der Waals surface area contributed by atoms with Crippen molar-refractivity contribution in [2.45, 2.75) is 6.42 Å². The normalized spacial score (nSPS) is 8.89. The maximum Gasteiger partial charge on any atom is -0.00940 e. The molecule has 0 unspecified atom stereocenters. The monoisotopic (exact) mass is 117 g/mol. The zero-order valence-corrected chi connectivity index (χ0v) is 5.30. The van der Waals surface area contributed by atoms with E-state index in [9.17, 15) is 0 Å². The van der Waals surface area contributed by atoms with Gasteiger partial charge in [0.15, 0.2) is 0 Å². The molecule has 0 aliphatic carbocycles. The van der Waals surface area contributed by atoms with Crippen LogP contribution in [-0.4, -0.2) is 0 Å². The number of rotatable bonds is 2. The van der Waals surface area contributed by atoms with Crippen molar-refractivity contribution in [3.05, 3.63) is 48.6 Å². The van der Waals surface area contributed by atoms with E-state index >= 15 is 0 Å². The molecule has 1 aromatic carbocycles. The van der Waals surface area contributed by atoms with E-state index in [0.717, 1.165) is 6.42 Å². The van der Waals surface area contributed by atoms with Gasteiger partial charge >= 0.3 is 0 Å². The standard InChI is InChI=1S/C9H9/c1-2-6-9-7-4-3-5-8-9/h2-5,7H,1,6H2. The van der Waals surface area contributed by atoms with Gasteiger partial charge in [-0.15, -0.1) is 6.58 Å². The average molecular weight is 117 g/mol. The van der Waals surface area contributed by atoms with Gasteiger partial charge in [0.25, 0.3) is 0 Å². The molecule has 1 aromatic rings. The molecule has 0 spiro atoms. The van der Waals surface area contributed by atoms with Crippen molar-refractivity contribution < 1.29 is 0 Å². The van der Waals surface area contributed by atoms with Gasteiger partial charge in [0.1, 0.15) is 0 Å². The molecule has 0 saturated carbocycles. The molecular formula is C9H9. The molecule has 0 N–H and O–H groups in total. The Kier molecular flexibility index (Phi) is 2.08. The molecule has 1 rings (SSSR count). The lowest BCUT2D eigenvalue weighted by atomic mass is 10.2. The van der Waals surface area contributed by atoms with E-state index in [1.54, 1.807) is 0 Å². The summed E-state index contributed by atoms with van der Waals surface area (Å²) in [4.78, 5) is 0. The maximum absolute atomic E-state index is 3.64. The summed E-state index contributed by atoms with van der Waals surface area (Å²) in [5.74, 6) is 0. The van der Waals surface area contributed by atoms with E-state index in [1.165, 1.54) is 5.56 Å². The highest BCUT2D eigenvalue weighted by molar-refractivity contribution is 5.15. The predicted octanol–water partition coefficient (Wildman–Crippen LogP) is 2.22. The van der Waals surface area contributed by atoms with Crippen LogP contribution in [0.2, 0.25) is 0 Å². The van der Waals surface area contributed by atoms with E-state index < -0.39 is 0 Å². The molecule has 0 atom stereocenters. The van der Waals surface area contributed by atoms with Crippen molar-refractivity contribution in [3.8, 4) is 0 Å². The first-order chi connectivity index (χ1) is 4.43. The Bertz CT molecular complexity index is 174.